The number of benzene rings is 7. The molecule has 0 radical (unpaired) electrons. The summed E-state index contributed by atoms with van der Waals surface area (Å²) in [6.07, 6.45) is 4.57. The third-order valence-electron chi connectivity index (χ3n) is 19.8. The van der Waals surface area contributed by atoms with E-state index in [2.05, 4.69) is 286 Å². The fourth-order valence-electron chi connectivity index (χ4n) is 14.1. The number of para-hydroxylation sites is 1. The van der Waals surface area contributed by atoms with Crippen molar-refractivity contribution in [3.05, 3.63) is 172 Å². The summed E-state index contributed by atoms with van der Waals surface area (Å²) in [4.78, 5) is 7.84. The Labute approximate surface area is 488 Å². The lowest BCUT2D eigenvalue weighted by molar-refractivity contribution is 0.332. The number of fused-ring (bicyclic) bond motifs is 8. The van der Waals surface area contributed by atoms with Gasteiger partial charge >= 0.3 is 0 Å². The third-order valence-corrected chi connectivity index (χ3v) is 21.8. The smallest absolute Gasteiger partial charge is 0.297 e. The third kappa shape index (κ3) is 9.15. The highest BCUT2D eigenvalue weighted by atomic mass is 28.3. The molecular weight excluding hydrogens is 998 g/mol. The molecule has 2 aliphatic heterocycles. The van der Waals surface area contributed by atoms with Gasteiger partial charge < -0.3 is 19.1 Å². The van der Waals surface area contributed by atoms with E-state index in [0.29, 0.717) is 0 Å². The SMILES string of the molecule is CC(C)(C)c1cc(N2c3ccc(C(C)(C)C)cc3B3c4oc5cc6c(cc5c4N(c4ccc5c(c4)C(C)(C)CCC5(C)C)c4cc(N(c5ccccc5)c5ccc([Si](C)(C)C)cc5)cc2c43)C(C)(C)CCC6(C)C)cc(C(C)(C)C)c1. The van der Waals surface area contributed by atoms with E-state index in [4.69, 9.17) is 4.42 Å². The Morgan fingerprint density at radius 3 is 1.53 bits per heavy atom. The Morgan fingerprint density at radius 1 is 0.457 bits per heavy atom. The van der Waals surface area contributed by atoms with Gasteiger partial charge in [-0.05, 0) is 192 Å². The minimum absolute atomic E-state index is 0.00334. The number of rotatable bonds is 6. The summed E-state index contributed by atoms with van der Waals surface area (Å²) in [6, 6.07) is 53.1. The second kappa shape index (κ2) is 18.1. The monoisotopic (exact) mass is 1090 g/mol. The van der Waals surface area contributed by atoms with Gasteiger partial charge in [0.2, 0.25) is 0 Å². The molecule has 7 aromatic carbocycles. The molecule has 81 heavy (non-hydrogen) atoms. The van der Waals surface area contributed by atoms with Crippen molar-refractivity contribution >= 4 is 98.7 Å². The van der Waals surface area contributed by atoms with Crippen molar-refractivity contribution in [2.24, 2.45) is 0 Å². The van der Waals surface area contributed by atoms with Crippen molar-refractivity contribution < 1.29 is 4.42 Å². The summed E-state index contributed by atoms with van der Waals surface area (Å²) in [7, 11) is -1.61. The van der Waals surface area contributed by atoms with Gasteiger partial charge in [0.25, 0.3) is 6.71 Å². The van der Waals surface area contributed by atoms with Crippen LogP contribution in [0, 0.1) is 0 Å². The lowest BCUT2D eigenvalue weighted by atomic mass is 9.35. The van der Waals surface area contributed by atoms with Crippen molar-refractivity contribution in [3.63, 3.8) is 0 Å². The molecule has 0 saturated carbocycles. The van der Waals surface area contributed by atoms with Crippen molar-refractivity contribution in [1.29, 1.82) is 0 Å². The Morgan fingerprint density at radius 2 is 0.975 bits per heavy atom. The Kier molecular flexibility index (Phi) is 12.4. The average molecular weight is 1090 g/mol. The van der Waals surface area contributed by atoms with Crippen LogP contribution < -0.4 is 36.5 Å². The van der Waals surface area contributed by atoms with Crippen LogP contribution in [-0.4, -0.2) is 14.8 Å². The lowest BCUT2D eigenvalue weighted by Crippen LogP contribution is -2.61. The zero-order chi connectivity index (χ0) is 58.1. The van der Waals surface area contributed by atoms with E-state index in [1.165, 1.54) is 88.9 Å². The maximum Gasteiger partial charge on any atom is 0.297 e. The van der Waals surface area contributed by atoms with Gasteiger partial charge in [-0.15, -0.1) is 0 Å². The molecule has 0 spiro atoms. The van der Waals surface area contributed by atoms with Crippen LogP contribution in [-0.2, 0) is 37.9 Å². The van der Waals surface area contributed by atoms with Gasteiger partial charge in [-0.3, -0.25) is 0 Å². The molecule has 12 rings (SSSR count). The number of hydrogen-bond acceptors (Lipinski definition) is 4. The predicted octanol–water partition coefficient (Wildman–Crippen LogP) is 19.1. The Bertz CT molecular complexity index is 3800. The molecule has 418 valence electrons. The highest BCUT2D eigenvalue weighted by Gasteiger charge is 2.49. The largest absolute Gasteiger partial charge is 0.468 e. The van der Waals surface area contributed by atoms with Crippen molar-refractivity contribution in [2.75, 3.05) is 14.7 Å². The molecule has 0 unspecified atom stereocenters. The molecular formula is C75H90BN3OSi. The van der Waals surface area contributed by atoms with Gasteiger partial charge in [0.1, 0.15) is 5.58 Å². The van der Waals surface area contributed by atoms with Gasteiger partial charge in [0, 0.05) is 45.2 Å². The van der Waals surface area contributed by atoms with Crippen LogP contribution in [0.5, 0.6) is 0 Å². The Hall–Kier alpha value is -6.24. The quantitative estimate of drug-likeness (QED) is 0.155. The van der Waals surface area contributed by atoms with E-state index < -0.39 is 8.07 Å². The van der Waals surface area contributed by atoms with Crippen LogP contribution in [0.25, 0.3) is 11.0 Å². The molecule has 6 heteroatoms. The van der Waals surface area contributed by atoms with E-state index in [-0.39, 0.29) is 44.6 Å². The summed E-state index contributed by atoms with van der Waals surface area (Å²) in [5.41, 5.74) is 24.5. The molecule has 2 aliphatic carbocycles. The number of furan rings is 1. The maximum atomic E-state index is 7.84. The van der Waals surface area contributed by atoms with Crippen LogP contribution in [0.15, 0.2) is 138 Å². The number of hydrogen-bond donors (Lipinski definition) is 0. The zero-order valence-electron chi connectivity index (χ0n) is 52.9. The summed E-state index contributed by atoms with van der Waals surface area (Å²) in [6.45, 7) is 48.1. The topological polar surface area (TPSA) is 22.9 Å². The first-order valence-electron chi connectivity index (χ1n) is 30.5. The van der Waals surface area contributed by atoms with Gasteiger partial charge in [-0.2, -0.15) is 0 Å². The summed E-state index contributed by atoms with van der Waals surface area (Å²) < 4.78 is 7.84. The van der Waals surface area contributed by atoms with Crippen molar-refractivity contribution in [2.45, 2.75) is 201 Å². The van der Waals surface area contributed by atoms with Crippen LogP contribution in [0.1, 0.15) is 182 Å². The summed E-state index contributed by atoms with van der Waals surface area (Å²) in [5.74, 6) is 0. The molecule has 8 aromatic rings. The molecule has 0 amide bonds. The van der Waals surface area contributed by atoms with E-state index in [0.717, 1.165) is 59.7 Å². The minimum Gasteiger partial charge on any atom is -0.468 e. The van der Waals surface area contributed by atoms with Gasteiger partial charge in [0.15, 0.2) is 0 Å². The van der Waals surface area contributed by atoms with Gasteiger partial charge in [-0.1, -0.05) is 197 Å². The molecule has 1 aromatic heterocycles. The normalized spacial score (nSPS) is 17.8. The fourth-order valence-corrected chi connectivity index (χ4v) is 15.3. The van der Waals surface area contributed by atoms with Gasteiger partial charge in [-0.25, -0.2) is 0 Å². The van der Waals surface area contributed by atoms with Crippen LogP contribution >= 0.6 is 0 Å². The molecule has 0 saturated heterocycles. The molecule has 4 nitrogen and oxygen atoms in total. The first-order chi connectivity index (χ1) is 37.6. The molecule has 0 N–H and O–H groups in total. The minimum atomic E-state index is -1.61. The molecule has 4 aliphatic rings. The average Bonchev–Trinajstić information content (AvgIpc) is 2.71. The molecule has 3 heterocycles. The van der Waals surface area contributed by atoms with Crippen molar-refractivity contribution in [1.82, 2.24) is 0 Å². The van der Waals surface area contributed by atoms with Crippen LogP contribution in [0.3, 0.4) is 0 Å². The lowest BCUT2D eigenvalue weighted by Gasteiger charge is -2.45. The first kappa shape index (κ1) is 55.3. The van der Waals surface area contributed by atoms with E-state index >= 15 is 0 Å². The zero-order valence-corrected chi connectivity index (χ0v) is 53.9. The second-order valence-corrected chi connectivity index (χ2v) is 36.8. The number of nitrogens with zero attached hydrogens (tertiary/aromatic N) is 3. The van der Waals surface area contributed by atoms with E-state index in [9.17, 15) is 0 Å². The Balaban J connectivity index is 1.27. The maximum absolute atomic E-state index is 7.84. The van der Waals surface area contributed by atoms with Crippen LogP contribution in [0.2, 0.25) is 19.6 Å². The number of anilines is 9. The summed E-state index contributed by atoms with van der Waals surface area (Å²) >= 11 is 0. The molecule has 0 bridgehead atoms. The van der Waals surface area contributed by atoms with E-state index in [1.807, 2.05) is 0 Å². The highest BCUT2D eigenvalue weighted by molar-refractivity contribution is 7.00. The fraction of sp³-hybridized carbons (Fsp3) is 0.413. The first-order valence-corrected chi connectivity index (χ1v) is 34.0. The summed E-state index contributed by atoms with van der Waals surface area (Å²) in [5, 5.41) is 2.64. The molecule has 0 fully saturated rings. The van der Waals surface area contributed by atoms with Crippen molar-refractivity contribution in [3.8, 4) is 0 Å². The molecule has 0 atom stereocenters. The van der Waals surface area contributed by atoms with E-state index in [1.54, 1.807) is 0 Å². The highest BCUT2D eigenvalue weighted by Crippen LogP contribution is 2.55. The standard InChI is InChI=1S/C75H90BN3OSi/c1-69(2,3)47-26-33-62-61(41-47)76-66-63(78(62)53-39-48(70(4,5)6)38-49(40-53)71(7,8)9)43-54(77(50-24-22-21-23-25-50)51-27-30-55(31-28-51)81(18,19)20)44-64(66)79(52-29-32-57-58(42-52)73(12,13)35-34-72(57,10)11)67-56-45-59-60(46-65(56)80-68(67)76)75(16,17)37-36-74(59,14)15/h21-33,38-46H,34-37H2,1-20H3. The second-order valence-electron chi connectivity index (χ2n) is 31.7. The van der Waals surface area contributed by atoms with Crippen LogP contribution in [0.4, 0.5) is 51.2 Å². The van der Waals surface area contributed by atoms with Gasteiger partial charge in [0.05, 0.1) is 25.1 Å². The predicted molar refractivity (Wildman–Crippen MR) is 355 cm³/mol.